The molecule has 0 aromatic heterocycles. The third kappa shape index (κ3) is 3.83. The zero-order chi connectivity index (χ0) is 13.9. The minimum atomic E-state index is -6.38. The van der Waals surface area contributed by atoms with E-state index in [2.05, 4.69) is 4.74 Å². The maximum Gasteiger partial charge on any atom is 0.459 e. The smallest absolute Gasteiger partial charge is 0.367 e. The van der Waals surface area contributed by atoms with Gasteiger partial charge in [-0.2, -0.15) is 30.7 Å². The van der Waals surface area contributed by atoms with Crippen molar-refractivity contribution in [3.8, 4) is 0 Å². The van der Waals surface area contributed by atoms with E-state index in [0.29, 0.717) is 0 Å². The summed E-state index contributed by atoms with van der Waals surface area (Å²) in [5.74, 6) is -12.3. The lowest BCUT2D eigenvalue weighted by atomic mass is 10.2. The van der Waals surface area contributed by atoms with Crippen LogP contribution in [-0.2, 0) is 9.53 Å². The molecule has 0 aromatic rings. The maximum atomic E-state index is 12.5. The highest BCUT2D eigenvalue weighted by Crippen LogP contribution is 2.46. The van der Waals surface area contributed by atoms with Crippen LogP contribution < -0.4 is 0 Å². The molecule has 0 saturated carbocycles. The van der Waals surface area contributed by atoms with E-state index in [1.54, 1.807) is 0 Å². The molecule has 2 nitrogen and oxygen atoms in total. The Balaban J connectivity index is 4.52. The average Bonchev–Trinajstić information content (AvgIpc) is 2.15. The number of hydrogen-bond donors (Lipinski definition) is 0. The Kier molecular flexibility index (Phi) is 4.93. The van der Waals surface area contributed by atoms with E-state index in [1.807, 2.05) is 0 Å². The van der Waals surface area contributed by atoms with Gasteiger partial charge in [0.15, 0.2) is 5.78 Å². The number of hydrogen-bond acceptors (Lipinski definition) is 2. The molecule has 0 heterocycles. The molecule has 0 amide bonds. The van der Waals surface area contributed by atoms with Crippen LogP contribution in [0.3, 0.4) is 0 Å². The van der Waals surface area contributed by atoms with Crippen LogP contribution >= 0.6 is 0 Å². The van der Waals surface area contributed by atoms with Crippen molar-refractivity contribution in [1.82, 2.24) is 0 Å². The molecule has 0 aliphatic heterocycles. The van der Waals surface area contributed by atoms with Crippen LogP contribution in [0, 0.1) is 0 Å². The number of Topliss-reactive ketones (excluding diaryl/α,β-unsaturated/α-hetero) is 1. The Morgan fingerprint density at radius 1 is 1.06 bits per heavy atom. The van der Waals surface area contributed by atoms with E-state index in [4.69, 9.17) is 0 Å². The van der Waals surface area contributed by atoms with Gasteiger partial charge in [0.1, 0.15) is 13.2 Å². The number of carbonyl (C=O) groups excluding carboxylic acids is 1. The summed E-state index contributed by atoms with van der Waals surface area (Å²) in [5, 5.41) is 0. The van der Waals surface area contributed by atoms with Crippen LogP contribution in [0.5, 0.6) is 0 Å². The average molecular weight is 270 g/mol. The van der Waals surface area contributed by atoms with Crippen LogP contribution in [0.25, 0.3) is 0 Å². The van der Waals surface area contributed by atoms with Crippen molar-refractivity contribution in [3.05, 3.63) is 0 Å². The third-order valence-electron chi connectivity index (χ3n) is 1.76. The van der Waals surface area contributed by atoms with Gasteiger partial charge >= 0.3 is 18.0 Å². The predicted molar refractivity (Wildman–Crippen MR) is 42.1 cm³/mol. The molecule has 9 heteroatoms. The molecular formula is C8H9F7O2. The Morgan fingerprint density at radius 3 is 1.88 bits per heavy atom. The highest BCUT2D eigenvalue weighted by atomic mass is 19.4. The summed E-state index contributed by atoms with van der Waals surface area (Å²) >= 11 is 0. The number of rotatable bonds is 6. The van der Waals surface area contributed by atoms with Crippen LogP contribution in [0.1, 0.15) is 13.3 Å². The Morgan fingerprint density at radius 2 is 1.53 bits per heavy atom. The quantitative estimate of drug-likeness (QED) is 0.694. The van der Waals surface area contributed by atoms with Gasteiger partial charge in [-0.25, -0.2) is 0 Å². The molecule has 0 rings (SSSR count). The molecule has 102 valence electrons. The second kappa shape index (κ2) is 5.19. The van der Waals surface area contributed by atoms with E-state index in [1.165, 1.54) is 6.92 Å². The summed E-state index contributed by atoms with van der Waals surface area (Å²) in [6.45, 7) is -1.75. The summed E-state index contributed by atoms with van der Waals surface area (Å²) in [6.07, 6.45) is -6.48. The third-order valence-corrected chi connectivity index (χ3v) is 1.76. The summed E-state index contributed by atoms with van der Waals surface area (Å²) in [5.41, 5.74) is 0. The molecule has 0 aliphatic rings. The monoisotopic (exact) mass is 270 g/mol. The van der Waals surface area contributed by atoms with Crippen molar-refractivity contribution in [2.75, 3.05) is 13.2 Å². The Bertz CT molecular complexity index is 272. The van der Waals surface area contributed by atoms with E-state index in [9.17, 15) is 35.5 Å². The molecule has 0 bridgehead atoms. The molecule has 0 aromatic carbocycles. The van der Waals surface area contributed by atoms with Crippen molar-refractivity contribution in [3.63, 3.8) is 0 Å². The van der Waals surface area contributed by atoms with E-state index < -0.39 is 37.0 Å². The van der Waals surface area contributed by atoms with E-state index in [0.717, 1.165) is 0 Å². The van der Waals surface area contributed by atoms with Gasteiger partial charge in [-0.1, -0.05) is 6.92 Å². The molecule has 0 radical (unpaired) electrons. The molecular weight excluding hydrogens is 261 g/mol. The fourth-order valence-corrected chi connectivity index (χ4v) is 0.693. The van der Waals surface area contributed by atoms with Crippen LogP contribution in [0.4, 0.5) is 30.7 Å². The van der Waals surface area contributed by atoms with Crippen LogP contribution in [-0.4, -0.2) is 37.0 Å². The first-order valence-corrected chi connectivity index (χ1v) is 4.37. The summed E-state index contributed by atoms with van der Waals surface area (Å²) < 4.78 is 88.4. The van der Waals surface area contributed by atoms with E-state index in [-0.39, 0.29) is 6.42 Å². The van der Waals surface area contributed by atoms with Gasteiger partial charge in [0, 0.05) is 6.42 Å². The van der Waals surface area contributed by atoms with Gasteiger partial charge in [-0.15, -0.1) is 0 Å². The number of halogens is 7. The van der Waals surface area contributed by atoms with Gasteiger partial charge in [-0.3, -0.25) is 4.79 Å². The summed E-state index contributed by atoms with van der Waals surface area (Å²) in [7, 11) is 0. The normalized spacial score (nSPS) is 13.9. The van der Waals surface area contributed by atoms with Gasteiger partial charge in [0.2, 0.25) is 0 Å². The minimum Gasteiger partial charge on any atom is -0.367 e. The van der Waals surface area contributed by atoms with Crippen LogP contribution in [0.15, 0.2) is 0 Å². The predicted octanol–water partition coefficient (Wildman–Crippen LogP) is 2.82. The van der Waals surface area contributed by atoms with Gasteiger partial charge in [-0.05, 0) is 0 Å². The molecule has 0 unspecified atom stereocenters. The lowest BCUT2D eigenvalue weighted by Gasteiger charge is -2.27. The van der Waals surface area contributed by atoms with Gasteiger partial charge in [0.25, 0.3) is 0 Å². The molecule has 0 N–H and O–H groups in total. The molecule has 17 heavy (non-hydrogen) atoms. The van der Waals surface area contributed by atoms with Gasteiger partial charge in [0.05, 0.1) is 0 Å². The van der Waals surface area contributed by atoms with Gasteiger partial charge < -0.3 is 4.74 Å². The zero-order valence-electron chi connectivity index (χ0n) is 8.58. The number of carbonyl (C=O) groups is 1. The fraction of sp³-hybridized carbons (Fsp3) is 0.875. The largest absolute Gasteiger partial charge is 0.459 e. The summed E-state index contributed by atoms with van der Waals surface area (Å²) in [4.78, 5) is 10.6. The second-order valence-electron chi connectivity index (χ2n) is 3.16. The summed E-state index contributed by atoms with van der Waals surface area (Å²) in [6, 6.07) is 0. The SMILES string of the molecule is CCC(=O)COCC(F)(F)C(F)(F)C(F)(F)F. The van der Waals surface area contributed by atoms with Crippen LogP contribution in [0.2, 0.25) is 0 Å². The molecule has 0 fully saturated rings. The molecule has 0 spiro atoms. The van der Waals surface area contributed by atoms with Crippen molar-refractivity contribution in [2.45, 2.75) is 31.4 Å². The lowest BCUT2D eigenvalue weighted by Crippen LogP contribution is -2.54. The standard InChI is InChI=1S/C8H9F7O2/c1-2-5(16)3-17-4-6(9,10)7(11,12)8(13,14)15/h2-4H2,1H3. The number of alkyl halides is 7. The number of ether oxygens (including phenoxy) is 1. The second-order valence-corrected chi connectivity index (χ2v) is 3.16. The van der Waals surface area contributed by atoms with Crippen molar-refractivity contribution in [1.29, 1.82) is 0 Å². The van der Waals surface area contributed by atoms with Crippen molar-refractivity contribution >= 4 is 5.78 Å². The Hall–Kier alpha value is -0.860. The number of ketones is 1. The first kappa shape index (κ1) is 16.1. The molecule has 0 saturated heterocycles. The zero-order valence-corrected chi connectivity index (χ0v) is 8.58. The topological polar surface area (TPSA) is 26.3 Å². The first-order chi connectivity index (χ1) is 7.45. The highest BCUT2D eigenvalue weighted by molar-refractivity contribution is 5.79. The highest BCUT2D eigenvalue weighted by Gasteiger charge is 2.72. The Labute approximate surface area is 91.7 Å². The maximum absolute atomic E-state index is 12.5. The molecule has 0 atom stereocenters. The minimum absolute atomic E-state index is 0.0960. The fourth-order valence-electron chi connectivity index (χ4n) is 0.693. The molecule has 0 aliphatic carbocycles. The lowest BCUT2D eigenvalue weighted by molar-refractivity contribution is -0.361. The van der Waals surface area contributed by atoms with Crippen molar-refractivity contribution < 1.29 is 40.3 Å². The first-order valence-electron chi connectivity index (χ1n) is 4.37. The van der Waals surface area contributed by atoms with Crippen molar-refractivity contribution in [2.24, 2.45) is 0 Å². The van der Waals surface area contributed by atoms with E-state index >= 15 is 0 Å².